The minimum Gasteiger partial charge on any atom is -0.290 e. The summed E-state index contributed by atoms with van der Waals surface area (Å²) >= 11 is 3.37. The predicted molar refractivity (Wildman–Crippen MR) is 105 cm³/mol. The van der Waals surface area contributed by atoms with Gasteiger partial charge in [0, 0.05) is 21.2 Å². The van der Waals surface area contributed by atoms with Crippen molar-refractivity contribution in [2.45, 2.75) is 0 Å². The van der Waals surface area contributed by atoms with Crippen LogP contribution in [0.1, 0.15) is 31.8 Å². The first-order valence-electron chi connectivity index (χ1n) is 8.28. The zero-order chi connectivity index (χ0) is 18.7. The largest absolute Gasteiger partial charge is 0.290 e. The average Bonchev–Trinajstić information content (AvgIpc) is 3.03. The Morgan fingerprint density at radius 3 is 2.11 bits per heavy atom. The van der Waals surface area contributed by atoms with Gasteiger partial charge in [0.15, 0.2) is 11.6 Å². The number of hydrogen-bond donors (Lipinski definition) is 1. The van der Waals surface area contributed by atoms with E-state index in [4.69, 9.17) is 0 Å². The summed E-state index contributed by atoms with van der Waals surface area (Å²) in [5.74, 6) is -0.464. The summed E-state index contributed by atoms with van der Waals surface area (Å²) in [6.07, 6.45) is 0. The molecule has 1 N–H and O–H groups in total. The molecule has 1 aliphatic carbocycles. The van der Waals surface area contributed by atoms with Crippen molar-refractivity contribution in [2.75, 3.05) is 0 Å². The molecule has 6 heteroatoms. The van der Waals surface area contributed by atoms with Crippen LogP contribution < -0.4 is 5.56 Å². The minimum atomic E-state index is -0.269. The molecular weight excluding hydrogens is 408 g/mol. The zero-order valence-electron chi connectivity index (χ0n) is 13.8. The van der Waals surface area contributed by atoms with Crippen LogP contribution in [0.5, 0.6) is 0 Å². The van der Waals surface area contributed by atoms with Crippen molar-refractivity contribution in [1.82, 2.24) is 9.78 Å². The maximum absolute atomic E-state index is 13.1. The Hall–Kier alpha value is -3.25. The third kappa shape index (κ3) is 2.20. The van der Waals surface area contributed by atoms with Gasteiger partial charge in [-0.1, -0.05) is 40.2 Å². The lowest BCUT2D eigenvalue weighted by Crippen LogP contribution is -2.21. The molecule has 3 aromatic carbocycles. The monoisotopic (exact) mass is 418 g/mol. The normalized spacial score (nSPS) is 12.9. The van der Waals surface area contributed by atoms with E-state index in [0.29, 0.717) is 33.3 Å². The second-order valence-corrected chi connectivity index (χ2v) is 7.26. The summed E-state index contributed by atoms with van der Waals surface area (Å²) in [5.41, 5.74) is 2.08. The number of halogens is 1. The molecular formula is C21H11BrN2O3. The van der Waals surface area contributed by atoms with E-state index in [1.165, 1.54) is 4.68 Å². The quantitative estimate of drug-likeness (QED) is 0.449. The van der Waals surface area contributed by atoms with Gasteiger partial charge in [0.25, 0.3) is 5.56 Å². The van der Waals surface area contributed by atoms with E-state index in [1.807, 2.05) is 12.1 Å². The van der Waals surface area contributed by atoms with Crippen molar-refractivity contribution in [2.24, 2.45) is 0 Å². The number of nitrogens with zero attached hydrogens (tertiary/aromatic N) is 1. The minimum absolute atomic E-state index is 0.209. The summed E-state index contributed by atoms with van der Waals surface area (Å²) < 4.78 is 2.28. The molecule has 0 saturated heterocycles. The number of aromatic amines is 1. The molecule has 0 spiro atoms. The van der Waals surface area contributed by atoms with Gasteiger partial charge in [-0.25, -0.2) is 4.68 Å². The van der Waals surface area contributed by atoms with Gasteiger partial charge in [-0.3, -0.25) is 19.5 Å². The van der Waals surface area contributed by atoms with Crippen LogP contribution in [0.15, 0.2) is 69.9 Å². The predicted octanol–water partition coefficient (Wildman–Crippen LogP) is 3.86. The second kappa shape index (κ2) is 5.62. The number of benzene rings is 3. The van der Waals surface area contributed by atoms with Crippen LogP contribution in [0, 0.1) is 0 Å². The average molecular weight is 419 g/mol. The Balaban J connectivity index is 1.81. The Morgan fingerprint density at radius 2 is 1.41 bits per heavy atom. The highest BCUT2D eigenvalue weighted by Gasteiger charge is 2.32. The van der Waals surface area contributed by atoms with Crippen LogP contribution in [0.25, 0.3) is 16.6 Å². The molecule has 0 aliphatic heterocycles. The summed E-state index contributed by atoms with van der Waals surface area (Å²) in [5, 5.41) is 3.40. The molecule has 4 aromatic rings. The lowest BCUT2D eigenvalue weighted by atomic mass is 9.83. The standard InChI is InChI=1S/C21H11BrN2O3/c22-11-5-7-12(8-6-11)24-21(27)16-10-9-15-17(18(16)23-24)20(26)14-4-2-1-3-13(14)19(15)25/h1-10,23H. The molecule has 130 valence electrons. The van der Waals surface area contributed by atoms with Crippen molar-refractivity contribution in [3.8, 4) is 5.69 Å². The molecule has 0 amide bonds. The fourth-order valence-corrected chi connectivity index (χ4v) is 3.80. The maximum atomic E-state index is 13.1. The highest BCUT2D eigenvalue weighted by molar-refractivity contribution is 9.10. The first kappa shape index (κ1) is 16.0. The van der Waals surface area contributed by atoms with Gasteiger partial charge in [-0.15, -0.1) is 0 Å². The van der Waals surface area contributed by atoms with Gasteiger partial charge in [-0.2, -0.15) is 0 Å². The number of nitrogens with one attached hydrogen (secondary N) is 1. The van der Waals surface area contributed by atoms with E-state index in [0.717, 1.165) is 4.47 Å². The molecule has 0 unspecified atom stereocenters. The summed E-state index contributed by atoms with van der Waals surface area (Å²) in [6.45, 7) is 0. The van der Waals surface area contributed by atoms with E-state index in [-0.39, 0.29) is 22.7 Å². The number of hydrogen-bond acceptors (Lipinski definition) is 3. The smallest absolute Gasteiger partial charge is 0.279 e. The molecule has 0 radical (unpaired) electrons. The fraction of sp³-hybridized carbons (Fsp3) is 0. The molecule has 5 rings (SSSR count). The van der Waals surface area contributed by atoms with Crippen LogP contribution in [-0.2, 0) is 0 Å². The van der Waals surface area contributed by atoms with Gasteiger partial charge < -0.3 is 0 Å². The number of aromatic nitrogens is 2. The Bertz CT molecular complexity index is 1330. The van der Waals surface area contributed by atoms with Crippen molar-refractivity contribution < 1.29 is 9.59 Å². The first-order valence-corrected chi connectivity index (χ1v) is 9.07. The number of rotatable bonds is 1. The first-order chi connectivity index (χ1) is 13.1. The van der Waals surface area contributed by atoms with Crippen molar-refractivity contribution in [1.29, 1.82) is 0 Å². The SMILES string of the molecule is O=C1c2ccccc2C(=O)c2c1ccc1c(=O)n(-c3ccc(Br)cc3)[nH]c21. The summed E-state index contributed by atoms with van der Waals surface area (Å²) in [4.78, 5) is 38.8. The third-order valence-electron chi connectivity index (χ3n) is 4.84. The van der Waals surface area contributed by atoms with Gasteiger partial charge in [0.1, 0.15) is 0 Å². The third-order valence-corrected chi connectivity index (χ3v) is 5.36. The topological polar surface area (TPSA) is 71.9 Å². The molecule has 1 aliphatic rings. The number of carbonyl (C=O) groups excluding carboxylic acids is 2. The lowest BCUT2D eigenvalue weighted by molar-refractivity contribution is 0.0980. The van der Waals surface area contributed by atoms with Crippen LogP contribution in [0.4, 0.5) is 0 Å². The van der Waals surface area contributed by atoms with E-state index in [9.17, 15) is 14.4 Å². The van der Waals surface area contributed by atoms with Crippen molar-refractivity contribution >= 4 is 38.4 Å². The van der Waals surface area contributed by atoms with E-state index >= 15 is 0 Å². The van der Waals surface area contributed by atoms with Gasteiger partial charge in [0.2, 0.25) is 0 Å². The van der Waals surface area contributed by atoms with Crippen LogP contribution >= 0.6 is 15.9 Å². The van der Waals surface area contributed by atoms with Crippen LogP contribution in [0.3, 0.4) is 0 Å². The lowest BCUT2D eigenvalue weighted by Gasteiger charge is -2.17. The molecule has 0 fully saturated rings. The van der Waals surface area contributed by atoms with Gasteiger partial charge in [0.05, 0.1) is 22.2 Å². The number of fused-ring (bicyclic) bond motifs is 4. The number of carbonyl (C=O) groups is 2. The summed E-state index contributed by atoms with van der Waals surface area (Å²) in [7, 11) is 0. The second-order valence-electron chi connectivity index (χ2n) is 6.34. The maximum Gasteiger partial charge on any atom is 0.279 e. The number of H-pyrrole nitrogens is 1. The van der Waals surface area contributed by atoms with E-state index < -0.39 is 0 Å². The molecule has 0 bridgehead atoms. The zero-order valence-corrected chi connectivity index (χ0v) is 15.4. The van der Waals surface area contributed by atoms with Crippen LogP contribution in [-0.4, -0.2) is 21.3 Å². The summed E-state index contributed by atoms with van der Waals surface area (Å²) in [6, 6.07) is 17.1. The number of ketones is 2. The van der Waals surface area contributed by atoms with Crippen LogP contribution in [0.2, 0.25) is 0 Å². The fourth-order valence-electron chi connectivity index (χ4n) is 3.54. The highest BCUT2D eigenvalue weighted by atomic mass is 79.9. The molecule has 5 nitrogen and oxygen atoms in total. The Morgan fingerprint density at radius 1 is 0.741 bits per heavy atom. The molecule has 1 heterocycles. The van der Waals surface area contributed by atoms with Gasteiger partial charge in [-0.05, 0) is 36.4 Å². The molecule has 0 atom stereocenters. The molecule has 0 saturated carbocycles. The van der Waals surface area contributed by atoms with Gasteiger partial charge >= 0.3 is 0 Å². The van der Waals surface area contributed by atoms with Crippen molar-refractivity contribution in [3.63, 3.8) is 0 Å². The Kier molecular flexibility index (Phi) is 3.32. The Labute approximate surface area is 161 Å². The highest BCUT2D eigenvalue weighted by Crippen LogP contribution is 2.31. The molecule has 27 heavy (non-hydrogen) atoms. The van der Waals surface area contributed by atoms with E-state index in [2.05, 4.69) is 21.0 Å². The van der Waals surface area contributed by atoms with Crippen molar-refractivity contribution in [3.05, 3.63) is 97.7 Å². The molecule has 1 aromatic heterocycles. The van der Waals surface area contributed by atoms with E-state index in [1.54, 1.807) is 48.5 Å².